The molecule has 0 aromatic rings. The van der Waals surface area contributed by atoms with E-state index in [0.717, 1.165) is 64.2 Å². The molecule has 0 aromatic carbocycles. The van der Waals surface area contributed by atoms with Gasteiger partial charge in [-0.3, -0.25) is 19.7 Å². The average molecular weight is 562 g/mol. The van der Waals surface area contributed by atoms with E-state index in [1.54, 1.807) is 11.8 Å². The van der Waals surface area contributed by atoms with Crippen LogP contribution in [0.5, 0.6) is 0 Å². The molecular weight excluding hydrogens is 506 g/mol. The molecule has 2 rings (SSSR count). The Balaban J connectivity index is 2.24. The third kappa shape index (κ3) is 9.88. The van der Waals surface area contributed by atoms with E-state index in [-0.39, 0.29) is 45.7 Å². The minimum atomic E-state index is -0.518. The Morgan fingerprint density at radius 3 is 2.03 bits per heavy atom. The van der Waals surface area contributed by atoms with Gasteiger partial charge in [0.15, 0.2) is 0 Å². The van der Waals surface area contributed by atoms with Gasteiger partial charge in [-0.05, 0) is 69.1 Å². The zero-order chi connectivity index (χ0) is 29.1. The quantitative estimate of drug-likeness (QED) is 0.113. The first-order valence-electron chi connectivity index (χ1n) is 15.3. The maximum atomic E-state index is 13.3. The molecule has 0 spiro atoms. The second-order valence-electron chi connectivity index (χ2n) is 13.0. The van der Waals surface area contributed by atoms with Gasteiger partial charge in [0.2, 0.25) is 0 Å². The number of allylic oxidation sites excluding steroid dienone is 2. The molecule has 5 unspecified atom stereocenters. The average Bonchev–Trinajstić information content (AvgIpc) is 2.87. The predicted octanol–water partition coefficient (Wildman–Crippen LogP) is 7.48. The van der Waals surface area contributed by atoms with Crippen molar-refractivity contribution in [1.29, 1.82) is 0 Å². The first kappa shape index (κ1) is 33.8. The van der Waals surface area contributed by atoms with Gasteiger partial charge < -0.3 is 4.74 Å². The molecule has 0 aliphatic heterocycles. The van der Waals surface area contributed by atoms with E-state index in [4.69, 9.17) is 4.74 Å². The van der Waals surface area contributed by atoms with E-state index in [1.807, 2.05) is 19.1 Å². The Kier molecular flexibility index (Phi) is 14.0. The van der Waals surface area contributed by atoms with Crippen LogP contribution >= 0.6 is 11.8 Å². The molecule has 2 fully saturated rings. The maximum Gasteiger partial charge on any atom is 0.323 e. The second kappa shape index (κ2) is 16.1. The smallest absolute Gasteiger partial charge is 0.323 e. The van der Waals surface area contributed by atoms with Crippen molar-refractivity contribution in [2.45, 2.75) is 129 Å². The van der Waals surface area contributed by atoms with Crippen LogP contribution < -0.4 is 5.32 Å². The molecule has 39 heavy (non-hydrogen) atoms. The number of carbonyl (C=O) groups excluding carboxylic acids is 3. The largest absolute Gasteiger partial charge is 0.465 e. The van der Waals surface area contributed by atoms with Crippen molar-refractivity contribution in [1.82, 2.24) is 5.32 Å². The lowest BCUT2D eigenvalue weighted by atomic mass is 9.66. The van der Waals surface area contributed by atoms with Gasteiger partial charge in [0, 0.05) is 41.7 Å². The van der Waals surface area contributed by atoms with E-state index in [1.165, 1.54) is 0 Å². The van der Waals surface area contributed by atoms with Crippen LogP contribution in [0, 0.1) is 22.7 Å². The molecule has 0 aromatic heterocycles. The van der Waals surface area contributed by atoms with Crippen LogP contribution in [-0.2, 0) is 19.1 Å². The summed E-state index contributed by atoms with van der Waals surface area (Å²) in [5.41, 5.74) is -0.102. The number of rotatable bonds is 17. The van der Waals surface area contributed by atoms with Crippen LogP contribution in [0.1, 0.15) is 112 Å². The van der Waals surface area contributed by atoms with Gasteiger partial charge in [0.05, 0.1) is 6.61 Å². The standard InChI is InChI=1S/C33H55NO4S/c1-8-11-13-19-27(35)24-17-15-21-32(4,5)29(24)34-26(31(37)38-10-3)23-39-30-25(18-16-22-33(30,6)7)28(36)20-14-12-9-2/h8-9,24-26,29-30,34H,1-2,10-23H2,3-7H3. The van der Waals surface area contributed by atoms with Crippen molar-refractivity contribution in [3.63, 3.8) is 0 Å². The fraction of sp³-hybridized carbons (Fsp3) is 0.788. The summed E-state index contributed by atoms with van der Waals surface area (Å²) in [7, 11) is 0. The van der Waals surface area contributed by atoms with Crippen LogP contribution in [0.2, 0.25) is 0 Å². The number of hydrogen-bond donors (Lipinski definition) is 1. The van der Waals surface area contributed by atoms with Gasteiger partial charge in [-0.25, -0.2) is 0 Å². The molecule has 5 nitrogen and oxygen atoms in total. The summed E-state index contributed by atoms with van der Waals surface area (Å²) < 4.78 is 5.53. The number of nitrogens with one attached hydrogen (secondary N) is 1. The van der Waals surface area contributed by atoms with Crippen LogP contribution in [-0.4, -0.2) is 47.2 Å². The molecule has 0 heterocycles. The van der Waals surface area contributed by atoms with E-state index in [9.17, 15) is 14.4 Å². The van der Waals surface area contributed by atoms with Crippen molar-refractivity contribution in [2.75, 3.05) is 12.4 Å². The van der Waals surface area contributed by atoms with Gasteiger partial charge in [-0.15, -0.1) is 13.2 Å². The van der Waals surface area contributed by atoms with Crippen molar-refractivity contribution in [3.8, 4) is 0 Å². The summed E-state index contributed by atoms with van der Waals surface area (Å²) in [6, 6.07) is -0.608. The summed E-state index contributed by atoms with van der Waals surface area (Å²) in [4.78, 5) is 39.9. The number of Topliss-reactive ketones (excluding diaryl/α,β-unsaturated/α-hetero) is 2. The minimum Gasteiger partial charge on any atom is -0.465 e. The van der Waals surface area contributed by atoms with Gasteiger partial charge in [-0.1, -0.05) is 52.7 Å². The lowest BCUT2D eigenvalue weighted by molar-refractivity contribution is -0.146. The normalized spacial score (nSPS) is 26.8. The Morgan fingerprint density at radius 2 is 1.46 bits per heavy atom. The summed E-state index contributed by atoms with van der Waals surface area (Å²) in [5.74, 6) is 0.819. The molecule has 2 saturated carbocycles. The van der Waals surface area contributed by atoms with Crippen molar-refractivity contribution in [2.24, 2.45) is 22.7 Å². The molecule has 0 amide bonds. The van der Waals surface area contributed by atoms with Crippen molar-refractivity contribution < 1.29 is 19.1 Å². The molecule has 2 aliphatic carbocycles. The minimum absolute atomic E-state index is 0.00859. The highest BCUT2D eigenvalue weighted by atomic mass is 32.2. The van der Waals surface area contributed by atoms with Crippen LogP contribution in [0.15, 0.2) is 25.3 Å². The highest BCUT2D eigenvalue weighted by Gasteiger charge is 2.45. The van der Waals surface area contributed by atoms with E-state index in [0.29, 0.717) is 31.0 Å². The molecule has 2 aliphatic rings. The first-order valence-corrected chi connectivity index (χ1v) is 16.3. The van der Waals surface area contributed by atoms with Crippen LogP contribution in [0.4, 0.5) is 0 Å². The molecule has 1 N–H and O–H groups in total. The first-order chi connectivity index (χ1) is 18.5. The maximum absolute atomic E-state index is 13.3. The highest BCUT2D eigenvalue weighted by Crippen LogP contribution is 2.47. The summed E-state index contributed by atoms with van der Waals surface area (Å²) in [5, 5.41) is 3.82. The molecule has 0 saturated heterocycles. The zero-order valence-electron chi connectivity index (χ0n) is 25.4. The highest BCUT2D eigenvalue weighted by molar-refractivity contribution is 8.00. The third-order valence-corrected chi connectivity index (χ3v) is 10.8. The topological polar surface area (TPSA) is 72.5 Å². The summed E-state index contributed by atoms with van der Waals surface area (Å²) >= 11 is 1.76. The summed E-state index contributed by atoms with van der Waals surface area (Å²) in [6.07, 6.45) is 14.2. The van der Waals surface area contributed by atoms with Gasteiger partial charge in [0.1, 0.15) is 17.6 Å². The summed E-state index contributed by atoms with van der Waals surface area (Å²) in [6.45, 7) is 18.7. The number of ether oxygens (including phenoxy) is 1. The fourth-order valence-electron chi connectivity index (χ4n) is 6.68. The number of carbonyl (C=O) groups is 3. The lowest BCUT2D eigenvalue weighted by Crippen LogP contribution is -2.58. The SMILES string of the molecule is C=CCCCC(=O)C1CCCC(C)(C)C1NC(CSC1C(C(=O)CCCC=C)CCCC1(C)C)C(=O)OCC. The number of thioether (sulfide) groups is 1. The second-order valence-corrected chi connectivity index (χ2v) is 14.1. The zero-order valence-corrected chi connectivity index (χ0v) is 26.2. The molecule has 0 radical (unpaired) electrons. The molecule has 222 valence electrons. The Hall–Kier alpha value is -1.40. The number of hydrogen-bond acceptors (Lipinski definition) is 6. The van der Waals surface area contributed by atoms with Gasteiger partial charge in [-0.2, -0.15) is 11.8 Å². The van der Waals surface area contributed by atoms with Gasteiger partial charge in [0.25, 0.3) is 0 Å². The van der Waals surface area contributed by atoms with Crippen LogP contribution in [0.3, 0.4) is 0 Å². The van der Waals surface area contributed by atoms with Crippen molar-refractivity contribution >= 4 is 29.3 Å². The molecule has 6 heteroatoms. The van der Waals surface area contributed by atoms with E-state index in [2.05, 4.69) is 46.2 Å². The van der Waals surface area contributed by atoms with E-state index < -0.39 is 6.04 Å². The van der Waals surface area contributed by atoms with Crippen LogP contribution in [0.25, 0.3) is 0 Å². The molecule has 5 atom stereocenters. The number of unbranched alkanes of at least 4 members (excludes halogenated alkanes) is 2. The van der Waals surface area contributed by atoms with Gasteiger partial charge >= 0.3 is 5.97 Å². The van der Waals surface area contributed by atoms with E-state index >= 15 is 0 Å². The Labute approximate surface area is 242 Å². The Morgan fingerprint density at radius 1 is 0.923 bits per heavy atom. The number of esters is 1. The fourth-order valence-corrected chi connectivity index (χ4v) is 8.40. The Bertz CT molecular complexity index is 836. The third-order valence-electron chi connectivity index (χ3n) is 8.94. The monoisotopic (exact) mass is 561 g/mol. The molecule has 0 bridgehead atoms. The molecular formula is C33H55NO4S. The van der Waals surface area contributed by atoms with Crippen molar-refractivity contribution in [3.05, 3.63) is 25.3 Å². The number of ketones is 2. The predicted molar refractivity (Wildman–Crippen MR) is 164 cm³/mol. The lowest BCUT2D eigenvalue weighted by Gasteiger charge is -2.46.